The van der Waals surface area contributed by atoms with E-state index in [-0.39, 0.29) is 12.6 Å². The molecule has 1 heterocycles. The van der Waals surface area contributed by atoms with Crippen LogP contribution in [0.15, 0.2) is 0 Å². The van der Waals surface area contributed by atoms with Gasteiger partial charge in [-0.2, -0.15) is 0 Å². The lowest BCUT2D eigenvalue weighted by atomic mass is 10.0. The summed E-state index contributed by atoms with van der Waals surface area (Å²) in [6.45, 7) is 1.61. The van der Waals surface area contributed by atoms with Crippen molar-refractivity contribution in [2.24, 2.45) is 0 Å². The Morgan fingerprint density at radius 2 is 2.43 bits per heavy atom. The topological polar surface area (TPSA) is 70.6 Å². The molecule has 1 saturated heterocycles. The van der Waals surface area contributed by atoms with Crippen molar-refractivity contribution in [3.63, 3.8) is 0 Å². The van der Waals surface area contributed by atoms with Crippen LogP contribution in [0, 0.1) is 0 Å². The Morgan fingerprint density at radius 1 is 1.64 bits per heavy atom. The van der Waals surface area contributed by atoms with Gasteiger partial charge in [0, 0.05) is 6.54 Å². The molecular weight excluding hydrogens is 184 g/mol. The first-order valence-electron chi connectivity index (χ1n) is 5.06. The summed E-state index contributed by atoms with van der Waals surface area (Å²) in [5.74, 6) is 0. The number of rotatable bonds is 3. The molecule has 2 rings (SSSR count). The number of alkyl carbamates (subject to hydrolysis) is 1. The highest BCUT2D eigenvalue weighted by Crippen LogP contribution is 2.23. The average molecular weight is 200 g/mol. The standard InChI is InChI=1S/C9H16N2O3/c12-8(14-7-1-2-7)11-6-9(13)3-4-10-5-9/h7,10,13H,1-6H2,(H,11,12). The summed E-state index contributed by atoms with van der Waals surface area (Å²) in [5.41, 5.74) is -0.789. The molecule has 2 aliphatic rings. The molecular formula is C9H16N2O3. The molecule has 1 atom stereocenters. The lowest BCUT2D eigenvalue weighted by Gasteiger charge is -2.21. The van der Waals surface area contributed by atoms with Gasteiger partial charge in [-0.1, -0.05) is 0 Å². The molecule has 1 amide bonds. The van der Waals surface area contributed by atoms with E-state index in [0.717, 1.165) is 19.4 Å². The van der Waals surface area contributed by atoms with Crippen LogP contribution in [0.4, 0.5) is 4.79 Å². The fourth-order valence-electron chi connectivity index (χ4n) is 1.50. The quantitative estimate of drug-likeness (QED) is 0.579. The molecule has 1 aliphatic carbocycles. The highest BCUT2D eigenvalue weighted by atomic mass is 16.6. The van der Waals surface area contributed by atoms with Gasteiger partial charge in [-0.3, -0.25) is 0 Å². The van der Waals surface area contributed by atoms with E-state index in [1.807, 2.05) is 0 Å². The van der Waals surface area contributed by atoms with Crippen molar-refractivity contribution in [2.75, 3.05) is 19.6 Å². The Morgan fingerprint density at radius 3 is 3.00 bits per heavy atom. The maximum absolute atomic E-state index is 11.1. The van der Waals surface area contributed by atoms with Crippen LogP contribution in [-0.2, 0) is 4.74 Å². The van der Waals surface area contributed by atoms with E-state index in [4.69, 9.17) is 4.74 Å². The van der Waals surface area contributed by atoms with Crippen LogP contribution in [0.25, 0.3) is 0 Å². The fraction of sp³-hybridized carbons (Fsp3) is 0.889. The van der Waals surface area contributed by atoms with Crippen LogP contribution in [-0.4, -0.2) is 42.5 Å². The van der Waals surface area contributed by atoms with Gasteiger partial charge in [0.05, 0.1) is 12.1 Å². The normalized spacial score (nSPS) is 31.5. The zero-order valence-electron chi connectivity index (χ0n) is 8.08. The minimum absolute atomic E-state index is 0.117. The van der Waals surface area contributed by atoms with Gasteiger partial charge >= 0.3 is 6.09 Å². The molecule has 5 heteroatoms. The lowest BCUT2D eigenvalue weighted by Crippen LogP contribution is -2.44. The third-order valence-corrected chi connectivity index (χ3v) is 2.58. The number of ether oxygens (including phenoxy) is 1. The molecule has 1 aliphatic heterocycles. The average Bonchev–Trinajstić information content (AvgIpc) is 2.85. The van der Waals surface area contributed by atoms with Crippen LogP contribution in [0.3, 0.4) is 0 Å². The Kier molecular flexibility index (Phi) is 2.60. The van der Waals surface area contributed by atoms with E-state index in [2.05, 4.69) is 10.6 Å². The van der Waals surface area contributed by atoms with Gasteiger partial charge in [-0.25, -0.2) is 4.79 Å². The number of hydrogen-bond donors (Lipinski definition) is 3. The van der Waals surface area contributed by atoms with Crippen molar-refractivity contribution < 1.29 is 14.6 Å². The lowest BCUT2D eigenvalue weighted by molar-refractivity contribution is 0.0568. The van der Waals surface area contributed by atoms with Gasteiger partial charge in [0.25, 0.3) is 0 Å². The molecule has 0 aromatic rings. The fourth-order valence-corrected chi connectivity index (χ4v) is 1.50. The zero-order chi connectivity index (χ0) is 10.0. The molecule has 0 radical (unpaired) electrons. The second-order valence-corrected chi connectivity index (χ2v) is 4.11. The van der Waals surface area contributed by atoms with Crippen LogP contribution >= 0.6 is 0 Å². The molecule has 80 valence electrons. The minimum Gasteiger partial charge on any atom is -0.446 e. The van der Waals surface area contributed by atoms with E-state index < -0.39 is 11.7 Å². The van der Waals surface area contributed by atoms with Gasteiger partial charge in [0.1, 0.15) is 6.10 Å². The smallest absolute Gasteiger partial charge is 0.407 e. The Labute approximate surface area is 82.8 Å². The number of carbonyl (C=O) groups is 1. The number of nitrogens with one attached hydrogen (secondary N) is 2. The third kappa shape index (κ3) is 2.59. The SMILES string of the molecule is O=C(NCC1(O)CCNC1)OC1CC1. The maximum atomic E-state index is 11.1. The molecule has 2 fully saturated rings. The molecule has 5 nitrogen and oxygen atoms in total. The summed E-state index contributed by atoms with van der Waals surface area (Å²) >= 11 is 0. The van der Waals surface area contributed by atoms with Crippen molar-refractivity contribution in [1.29, 1.82) is 0 Å². The largest absolute Gasteiger partial charge is 0.446 e. The van der Waals surface area contributed by atoms with Gasteiger partial charge in [-0.05, 0) is 25.8 Å². The predicted octanol–water partition coefficient (Wildman–Crippen LogP) is -0.401. The van der Waals surface area contributed by atoms with E-state index in [1.54, 1.807) is 0 Å². The highest BCUT2D eigenvalue weighted by molar-refractivity contribution is 5.67. The second kappa shape index (κ2) is 3.74. The predicted molar refractivity (Wildman–Crippen MR) is 49.9 cm³/mol. The highest BCUT2D eigenvalue weighted by Gasteiger charge is 2.32. The summed E-state index contributed by atoms with van der Waals surface area (Å²) in [6.07, 6.45) is 2.33. The van der Waals surface area contributed by atoms with Gasteiger partial charge in [0.15, 0.2) is 0 Å². The third-order valence-electron chi connectivity index (χ3n) is 2.58. The first-order valence-corrected chi connectivity index (χ1v) is 5.06. The Hall–Kier alpha value is -0.810. The monoisotopic (exact) mass is 200 g/mol. The Balaban J connectivity index is 1.67. The van der Waals surface area contributed by atoms with Crippen LogP contribution < -0.4 is 10.6 Å². The van der Waals surface area contributed by atoms with Crippen LogP contribution in [0.1, 0.15) is 19.3 Å². The van der Waals surface area contributed by atoms with Crippen molar-refractivity contribution in [2.45, 2.75) is 31.0 Å². The summed E-state index contributed by atoms with van der Waals surface area (Å²) in [7, 11) is 0. The summed E-state index contributed by atoms with van der Waals surface area (Å²) in [5, 5.41) is 15.5. The van der Waals surface area contributed by atoms with Gasteiger partial charge in [0.2, 0.25) is 0 Å². The van der Waals surface area contributed by atoms with Crippen LogP contribution in [0.2, 0.25) is 0 Å². The molecule has 0 aromatic carbocycles. The summed E-state index contributed by atoms with van der Waals surface area (Å²) in [4.78, 5) is 11.1. The number of β-amino-alcohol motifs (C(OH)–C–C–N with tert-alkyl or cyclic N) is 1. The van der Waals surface area contributed by atoms with E-state index in [9.17, 15) is 9.90 Å². The molecule has 0 aromatic heterocycles. The van der Waals surface area contributed by atoms with E-state index in [0.29, 0.717) is 13.0 Å². The zero-order valence-corrected chi connectivity index (χ0v) is 8.08. The van der Waals surface area contributed by atoms with Crippen LogP contribution in [0.5, 0.6) is 0 Å². The number of hydrogen-bond acceptors (Lipinski definition) is 4. The molecule has 3 N–H and O–H groups in total. The minimum atomic E-state index is -0.789. The van der Waals surface area contributed by atoms with E-state index in [1.165, 1.54) is 0 Å². The van der Waals surface area contributed by atoms with Crippen molar-refractivity contribution in [3.05, 3.63) is 0 Å². The molecule has 1 saturated carbocycles. The number of amides is 1. The first kappa shape index (κ1) is 9.73. The van der Waals surface area contributed by atoms with Crippen molar-refractivity contribution >= 4 is 6.09 Å². The Bertz CT molecular complexity index is 222. The number of carbonyl (C=O) groups excluding carboxylic acids is 1. The van der Waals surface area contributed by atoms with Gasteiger partial charge in [-0.15, -0.1) is 0 Å². The summed E-state index contributed by atoms with van der Waals surface area (Å²) < 4.78 is 4.98. The first-order chi connectivity index (χ1) is 6.68. The molecule has 0 spiro atoms. The molecule has 14 heavy (non-hydrogen) atoms. The molecule has 1 unspecified atom stereocenters. The molecule has 0 bridgehead atoms. The maximum Gasteiger partial charge on any atom is 0.407 e. The summed E-state index contributed by atoms with van der Waals surface area (Å²) in [6, 6.07) is 0. The van der Waals surface area contributed by atoms with E-state index >= 15 is 0 Å². The van der Waals surface area contributed by atoms with Crippen molar-refractivity contribution in [3.8, 4) is 0 Å². The number of aliphatic hydroxyl groups is 1. The van der Waals surface area contributed by atoms with Crippen molar-refractivity contribution in [1.82, 2.24) is 10.6 Å². The van der Waals surface area contributed by atoms with Gasteiger partial charge < -0.3 is 20.5 Å². The second-order valence-electron chi connectivity index (χ2n) is 4.11.